The SMILES string of the molecule is Cc1ccn(CC(O)c2ccc3c(c2)OCO3)c(=O)c1. The van der Waals surface area contributed by atoms with E-state index in [1.165, 1.54) is 4.57 Å². The standard InChI is InChI=1S/C15H15NO4/c1-10-4-5-16(15(18)6-10)8-12(17)11-2-3-13-14(7-11)20-9-19-13/h2-7,12,17H,8-9H2,1H3. The van der Waals surface area contributed by atoms with Crippen LogP contribution in [0.2, 0.25) is 0 Å². The molecule has 5 nitrogen and oxygen atoms in total. The highest BCUT2D eigenvalue weighted by molar-refractivity contribution is 5.45. The molecule has 1 atom stereocenters. The van der Waals surface area contributed by atoms with E-state index >= 15 is 0 Å². The van der Waals surface area contributed by atoms with E-state index in [0.29, 0.717) is 17.1 Å². The number of aryl methyl sites for hydroxylation is 1. The summed E-state index contributed by atoms with van der Waals surface area (Å²) in [5.41, 5.74) is 1.48. The molecule has 1 unspecified atom stereocenters. The maximum atomic E-state index is 11.8. The monoisotopic (exact) mass is 273 g/mol. The molecule has 1 aliphatic rings. The second-order valence-corrected chi connectivity index (χ2v) is 4.82. The van der Waals surface area contributed by atoms with E-state index in [-0.39, 0.29) is 18.9 Å². The van der Waals surface area contributed by atoms with Crippen LogP contribution in [-0.2, 0) is 6.54 Å². The van der Waals surface area contributed by atoms with Gasteiger partial charge in [-0.3, -0.25) is 4.79 Å². The molecular weight excluding hydrogens is 258 g/mol. The molecule has 1 aromatic carbocycles. The predicted molar refractivity (Wildman–Crippen MR) is 73.0 cm³/mol. The number of aliphatic hydroxyl groups excluding tert-OH is 1. The van der Waals surface area contributed by atoms with Gasteiger partial charge < -0.3 is 19.1 Å². The van der Waals surface area contributed by atoms with Gasteiger partial charge in [0, 0.05) is 12.3 Å². The van der Waals surface area contributed by atoms with E-state index in [4.69, 9.17) is 9.47 Å². The molecule has 0 bridgehead atoms. The number of rotatable bonds is 3. The normalized spacial score (nSPS) is 14.3. The molecule has 2 heterocycles. The molecule has 1 aromatic heterocycles. The van der Waals surface area contributed by atoms with Crippen LogP contribution >= 0.6 is 0 Å². The van der Waals surface area contributed by atoms with Crippen LogP contribution in [0, 0.1) is 6.92 Å². The Morgan fingerprint density at radius 1 is 1.25 bits per heavy atom. The number of hydrogen-bond acceptors (Lipinski definition) is 4. The number of aromatic nitrogens is 1. The van der Waals surface area contributed by atoms with Crippen molar-refractivity contribution in [2.24, 2.45) is 0 Å². The number of benzene rings is 1. The largest absolute Gasteiger partial charge is 0.454 e. The third-order valence-electron chi connectivity index (χ3n) is 3.30. The second kappa shape index (κ2) is 5.02. The fraction of sp³-hybridized carbons (Fsp3) is 0.267. The van der Waals surface area contributed by atoms with Crippen molar-refractivity contribution in [2.75, 3.05) is 6.79 Å². The van der Waals surface area contributed by atoms with E-state index in [2.05, 4.69) is 0 Å². The van der Waals surface area contributed by atoms with Gasteiger partial charge in [0.15, 0.2) is 11.5 Å². The zero-order valence-corrected chi connectivity index (χ0v) is 11.1. The highest BCUT2D eigenvalue weighted by Crippen LogP contribution is 2.34. The second-order valence-electron chi connectivity index (χ2n) is 4.82. The Balaban J connectivity index is 1.82. The lowest BCUT2D eigenvalue weighted by Crippen LogP contribution is -2.22. The molecule has 0 saturated carbocycles. The molecule has 3 rings (SSSR count). The molecule has 1 N–H and O–H groups in total. The summed E-state index contributed by atoms with van der Waals surface area (Å²) in [6, 6.07) is 8.67. The Morgan fingerprint density at radius 2 is 2.05 bits per heavy atom. The predicted octanol–water partition coefficient (Wildman–Crippen LogP) is 1.62. The molecule has 0 fully saturated rings. The van der Waals surface area contributed by atoms with E-state index in [1.54, 1.807) is 30.5 Å². The van der Waals surface area contributed by atoms with Crippen molar-refractivity contribution >= 4 is 0 Å². The minimum atomic E-state index is -0.773. The highest BCUT2D eigenvalue weighted by Gasteiger charge is 2.17. The fourth-order valence-electron chi connectivity index (χ4n) is 2.17. The Bertz CT molecular complexity index is 693. The molecule has 1 aliphatic heterocycles. The van der Waals surface area contributed by atoms with Gasteiger partial charge in [0.1, 0.15) is 0 Å². The number of nitrogens with zero attached hydrogens (tertiary/aromatic N) is 1. The zero-order chi connectivity index (χ0) is 14.1. The molecule has 20 heavy (non-hydrogen) atoms. The average molecular weight is 273 g/mol. The van der Waals surface area contributed by atoms with Gasteiger partial charge in [-0.15, -0.1) is 0 Å². The third kappa shape index (κ3) is 2.40. The molecule has 104 valence electrons. The first-order valence-corrected chi connectivity index (χ1v) is 6.38. The number of hydrogen-bond donors (Lipinski definition) is 1. The number of ether oxygens (including phenoxy) is 2. The van der Waals surface area contributed by atoms with E-state index in [0.717, 1.165) is 5.56 Å². The minimum absolute atomic E-state index is 0.121. The van der Waals surface area contributed by atoms with Gasteiger partial charge in [-0.05, 0) is 36.2 Å². The van der Waals surface area contributed by atoms with Gasteiger partial charge >= 0.3 is 0 Å². The van der Waals surface area contributed by atoms with Crippen LogP contribution in [0.5, 0.6) is 11.5 Å². The minimum Gasteiger partial charge on any atom is -0.454 e. The molecular formula is C15H15NO4. The first-order chi connectivity index (χ1) is 9.63. The number of fused-ring (bicyclic) bond motifs is 1. The van der Waals surface area contributed by atoms with E-state index in [9.17, 15) is 9.90 Å². The van der Waals surface area contributed by atoms with Crippen LogP contribution in [0.3, 0.4) is 0 Å². The van der Waals surface area contributed by atoms with E-state index < -0.39 is 6.10 Å². The molecule has 0 saturated heterocycles. The molecule has 2 aromatic rings. The summed E-state index contributed by atoms with van der Waals surface area (Å²) >= 11 is 0. The zero-order valence-electron chi connectivity index (χ0n) is 11.1. The van der Waals surface area contributed by atoms with Crippen LogP contribution in [0.4, 0.5) is 0 Å². The lowest BCUT2D eigenvalue weighted by Gasteiger charge is -2.13. The Labute approximate surface area is 116 Å². The third-order valence-corrected chi connectivity index (χ3v) is 3.30. The average Bonchev–Trinajstić information content (AvgIpc) is 2.89. The van der Waals surface area contributed by atoms with Crippen molar-refractivity contribution in [2.45, 2.75) is 19.6 Å². The molecule has 0 amide bonds. The summed E-state index contributed by atoms with van der Waals surface area (Å²) in [4.78, 5) is 11.8. The first kappa shape index (κ1) is 12.7. The number of aliphatic hydroxyl groups is 1. The van der Waals surface area contributed by atoms with E-state index in [1.807, 2.05) is 13.0 Å². The van der Waals surface area contributed by atoms with Crippen LogP contribution in [0.15, 0.2) is 41.3 Å². The van der Waals surface area contributed by atoms with Crippen LogP contribution in [0.1, 0.15) is 17.2 Å². The molecule has 0 aliphatic carbocycles. The van der Waals surface area contributed by atoms with Gasteiger partial charge in [-0.1, -0.05) is 6.07 Å². The van der Waals surface area contributed by atoms with Crippen LogP contribution in [0.25, 0.3) is 0 Å². The number of pyridine rings is 1. The van der Waals surface area contributed by atoms with Gasteiger partial charge in [0.25, 0.3) is 5.56 Å². The molecule has 0 radical (unpaired) electrons. The smallest absolute Gasteiger partial charge is 0.250 e. The summed E-state index contributed by atoms with van der Waals surface area (Å²) in [5, 5.41) is 10.2. The maximum Gasteiger partial charge on any atom is 0.250 e. The maximum absolute atomic E-state index is 11.8. The Kier molecular flexibility index (Phi) is 3.20. The van der Waals surface area contributed by atoms with Gasteiger partial charge in [0.2, 0.25) is 6.79 Å². The van der Waals surface area contributed by atoms with Crippen LogP contribution < -0.4 is 15.0 Å². The summed E-state index contributed by atoms with van der Waals surface area (Å²) < 4.78 is 12.0. The summed E-state index contributed by atoms with van der Waals surface area (Å²) in [7, 11) is 0. The quantitative estimate of drug-likeness (QED) is 0.923. The summed E-state index contributed by atoms with van der Waals surface area (Å²) in [6.07, 6.45) is 0.915. The van der Waals surface area contributed by atoms with Crippen molar-refractivity contribution < 1.29 is 14.6 Å². The lowest BCUT2D eigenvalue weighted by atomic mass is 10.1. The highest BCUT2D eigenvalue weighted by atomic mass is 16.7. The summed E-state index contributed by atoms with van der Waals surface area (Å²) in [6.45, 7) is 2.27. The van der Waals surface area contributed by atoms with Gasteiger partial charge in [-0.2, -0.15) is 0 Å². The lowest BCUT2D eigenvalue weighted by molar-refractivity contribution is 0.154. The first-order valence-electron chi connectivity index (χ1n) is 6.38. The topological polar surface area (TPSA) is 60.7 Å². The van der Waals surface area contributed by atoms with Crippen LogP contribution in [-0.4, -0.2) is 16.5 Å². The van der Waals surface area contributed by atoms with Gasteiger partial charge in [-0.25, -0.2) is 0 Å². The van der Waals surface area contributed by atoms with Crippen molar-refractivity contribution in [1.82, 2.24) is 4.57 Å². The van der Waals surface area contributed by atoms with Crippen molar-refractivity contribution in [3.05, 3.63) is 58.0 Å². The van der Waals surface area contributed by atoms with Crippen molar-refractivity contribution in [3.8, 4) is 11.5 Å². The Hall–Kier alpha value is -2.27. The van der Waals surface area contributed by atoms with Crippen molar-refractivity contribution in [1.29, 1.82) is 0 Å². The molecule has 0 spiro atoms. The van der Waals surface area contributed by atoms with Gasteiger partial charge in [0.05, 0.1) is 12.6 Å². The van der Waals surface area contributed by atoms with Crippen molar-refractivity contribution in [3.63, 3.8) is 0 Å². The fourth-order valence-corrected chi connectivity index (χ4v) is 2.17. The summed E-state index contributed by atoms with van der Waals surface area (Å²) in [5.74, 6) is 1.30. The Morgan fingerprint density at radius 3 is 2.85 bits per heavy atom. The molecule has 5 heteroatoms.